The van der Waals surface area contributed by atoms with Gasteiger partial charge in [0.1, 0.15) is 0 Å². The van der Waals surface area contributed by atoms with Crippen LogP contribution in [-0.2, 0) is 0 Å². The van der Waals surface area contributed by atoms with Crippen LogP contribution in [0.3, 0.4) is 0 Å². The minimum atomic E-state index is 0.259. The molecular formula is C10H11N. The summed E-state index contributed by atoms with van der Waals surface area (Å²) >= 11 is 0. The molecule has 0 saturated heterocycles. The van der Waals surface area contributed by atoms with E-state index in [4.69, 9.17) is 5.26 Å². The van der Waals surface area contributed by atoms with Crippen LogP contribution in [0.4, 0.5) is 0 Å². The highest BCUT2D eigenvalue weighted by molar-refractivity contribution is 5.40. The molecule has 0 heterocycles. The third kappa shape index (κ3) is 1.59. The summed E-state index contributed by atoms with van der Waals surface area (Å²) in [6, 6.07) is 2.22. The third-order valence-corrected chi connectivity index (χ3v) is 1.86. The summed E-state index contributed by atoms with van der Waals surface area (Å²) in [6.45, 7) is 4.00. The van der Waals surface area contributed by atoms with Crippen LogP contribution in [0.1, 0.15) is 13.8 Å². The van der Waals surface area contributed by atoms with Crippen LogP contribution in [0.2, 0.25) is 0 Å². The molecule has 1 nitrogen and oxygen atoms in total. The fourth-order valence-corrected chi connectivity index (χ4v) is 1.17. The Labute approximate surface area is 67.3 Å². The topological polar surface area (TPSA) is 23.8 Å². The van der Waals surface area contributed by atoms with Crippen LogP contribution in [-0.4, -0.2) is 0 Å². The van der Waals surface area contributed by atoms with Gasteiger partial charge in [-0.15, -0.1) is 0 Å². The zero-order chi connectivity index (χ0) is 8.27. The van der Waals surface area contributed by atoms with E-state index in [1.165, 1.54) is 0 Å². The van der Waals surface area contributed by atoms with E-state index in [9.17, 15) is 0 Å². The van der Waals surface area contributed by atoms with Crippen molar-refractivity contribution >= 4 is 0 Å². The van der Waals surface area contributed by atoms with Gasteiger partial charge in [-0.05, 0) is 12.5 Å². The maximum Gasteiger partial charge on any atom is 0.0956 e. The maximum atomic E-state index is 8.78. The second kappa shape index (κ2) is 3.21. The summed E-state index contributed by atoms with van der Waals surface area (Å²) in [7, 11) is 0. The molecule has 1 heteroatoms. The van der Waals surface area contributed by atoms with Gasteiger partial charge in [0.05, 0.1) is 6.07 Å². The van der Waals surface area contributed by atoms with Gasteiger partial charge in [0.2, 0.25) is 0 Å². The lowest BCUT2D eigenvalue weighted by atomic mass is 9.99. The summed E-state index contributed by atoms with van der Waals surface area (Å²) in [5.74, 6) is 0.259. The Morgan fingerprint density at radius 3 is 2.82 bits per heavy atom. The minimum Gasteiger partial charge on any atom is -0.193 e. The number of hydrogen-bond donors (Lipinski definition) is 0. The predicted molar refractivity (Wildman–Crippen MR) is 45.8 cm³/mol. The van der Waals surface area contributed by atoms with E-state index in [0.717, 1.165) is 11.1 Å². The average Bonchev–Trinajstić information content (AvgIpc) is 2.12. The molecule has 56 valence electrons. The first-order valence-electron chi connectivity index (χ1n) is 3.71. The average molecular weight is 145 g/mol. The lowest BCUT2D eigenvalue weighted by Gasteiger charge is -2.03. The second-order valence-electron chi connectivity index (χ2n) is 2.74. The lowest BCUT2D eigenvalue weighted by Crippen LogP contribution is -1.94. The van der Waals surface area contributed by atoms with E-state index in [2.05, 4.69) is 6.07 Å². The van der Waals surface area contributed by atoms with E-state index in [0.29, 0.717) is 0 Å². The third-order valence-electron chi connectivity index (χ3n) is 1.86. The molecule has 0 saturated carbocycles. The molecule has 1 aliphatic carbocycles. The highest BCUT2D eigenvalue weighted by Crippen LogP contribution is 2.19. The van der Waals surface area contributed by atoms with Gasteiger partial charge in [-0.2, -0.15) is 5.26 Å². The van der Waals surface area contributed by atoms with Gasteiger partial charge < -0.3 is 0 Å². The smallest absolute Gasteiger partial charge is 0.0956 e. The van der Waals surface area contributed by atoms with Crippen LogP contribution in [0, 0.1) is 17.2 Å². The van der Waals surface area contributed by atoms with Gasteiger partial charge in [-0.3, -0.25) is 0 Å². The first kappa shape index (κ1) is 7.81. The van der Waals surface area contributed by atoms with Crippen molar-refractivity contribution in [2.45, 2.75) is 13.8 Å². The minimum absolute atomic E-state index is 0.259. The van der Waals surface area contributed by atoms with Crippen LogP contribution >= 0.6 is 0 Å². The molecule has 0 amide bonds. The lowest BCUT2D eigenvalue weighted by molar-refractivity contribution is 0.887. The molecule has 0 aromatic rings. The van der Waals surface area contributed by atoms with Crippen molar-refractivity contribution in [3.8, 4) is 6.07 Å². The van der Waals surface area contributed by atoms with E-state index in [1.54, 1.807) is 0 Å². The predicted octanol–water partition coefficient (Wildman–Crippen LogP) is 2.59. The molecule has 0 aliphatic heterocycles. The quantitative estimate of drug-likeness (QED) is 0.514. The summed E-state index contributed by atoms with van der Waals surface area (Å²) < 4.78 is 0. The summed E-state index contributed by atoms with van der Waals surface area (Å²) in [5.41, 5.74) is 1.94. The van der Waals surface area contributed by atoms with Crippen molar-refractivity contribution < 1.29 is 0 Å². The molecule has 0 radical (unpaired) electrons. The van der Waals surface area contributed by atoms with Gasteiger partial charge in [-0.1, -0.05) is 31.2 Å². The van der Waals surface area contributed by atoms with E-state index in [-0.39, 0.29) is 5.92 Å². The monoisotopic (exact) mass is 145 g/mol. The first-order valence-corrected chi connectivity index (χ1v) is 3.71. The standard InChI is InChI=1S/C10H11N/c1-8-5-3-4-6-9(2)10(8)7-11/h3-6,8H,1-2H3/t8-/m0/s1. The second-order valence-corrected chi connectivity index (χ2v) is 2.74. The zero-order valence-electron chi connectivity index (χ0n) is 6.83. The molecule has 1 rings (SSSR count). The summed E-state index contributed by atoms with van der Waals surface area (Å²) in [6.07, 6.45) is 7.96. The fraction of sp³-hybridized carbons (Fsp3) is 0.300. The van der Waals surface area contributed by atoms with Gasteiger partial charge >= 0.3 is 0 Å². The van der Waals surface area contributed by atoms with Crippen molar-refractivity contribution in [2.75, 3.05) is 0 Å². The number of hydrogen-bond acceptors (Lipinski definition) is 1. The Kier molecular flexibility index (Phi) is 2.28. The summed E-state index contributed by atoms with van der Waals surface area (Å²) in [4.78, 5) is 0. The molecule has 0 aromatic heterocycles. The molecule has 0 bridgehead atoms. The van der Waals surface area contributed by atoms with Crippen LogP contribution in [0.5, 0.6) is 0 Å². The molecule has 1 atom stereocenters. The maximum absolute atomic E-state index is 8.78. The number of allylic oxidation sites excluding steroid dienone is 6. The van der Waals surface area contributed by atoms with Gasteiger partial charge in [0.25, 0.3) is 0 Å². The van der Waals surface area contributed by atoms with Gasteiger partial charge in [0.15, 0.2) is 0 Å². The first-order chi connectivity index (χ1) is 5.25. The van der Waals surface area contributed by atoms with E-state index in [1.807, 2.05) is 38.2 Å². The van der Waals surface area contributed by atoms with Crippen molar-refractivity contribution in [2.24, 2.45) is 5.92 Å². The van der Waals surface area contributed by atoms with Gasteiger partial charge in [0, 0.05) is 11.5 Å². The molecule has 11 heavy (non-hydrogen) atoms. The molecule has 0 unspecified atom stereocenters. The van der Waals surface area contributed by atoms with E-state index >= 15 is 0 Å². The number of nitrogens with zero attached hydrogens (tertiary/aromatic N) is 1. The Bertz CT molecular complexity index is 274. The number of nitriles is 1. The molecule has 0 spiro atoms. The normalized spacial score (nSPS) is 23.2. The highest BCUT2D eigenvalue weighted by Gasteiger charge is 2.07. The Morgan fingerprint density at radius 1 is 1.45 bits per heavy atom. The van der Waals surface area contributed by atoms with Crippen molar-refractivity contribution in [3.63, 3.8) is 0 Å². The Morgan fingerprint density at radius 2 is 2.18 bits per heavy atom. The molecule has 0 aromatic carbocycles. The Balaban J connectivity index is 3.08. The zero-order valence-corrected chi connectivity index (χ0v) is 6.83. The number of rotatable bonds is 0. The van der Waals surface area contributed by atoms with Gasteiger partial charge in [-0.25, -0.2) is 0 Å². The molecular weight excluding hydrogens is 134 g/mol. The molecule has 0 fully saturated rings. The fourth-order valence-electron chi connectivity index (χ4n) is 1.17. The van der Waals surface area contributed by atoms with Crippen molar-refractivity contribution in [3.05, 3.63) is 35.5 Å². The molecule has 1 aliphatic rings. The highest BCUT2D eigenvalue weighted by atomic mass is 14.3. The van der Waals surface area contributed by atoms with Crippen LogP contribution < -0.4 is 0 Å². The van der Waals surface area contributed by atoms with Crippen molar-refractivity contribution in [1.82, 2.24) is 0 Å². The van der Waals surface area contributed by atoms with Crippen LogP contribution in [0.15, 0.2) is 35.5 Å². The summed E-state index contributed by atoms with van der Waals surface area (Å²) in [5, 5.41) is 8.78. The van der Waals surface area contributed by atoms with Crippen molar-refractivity contribution in [1.29, 1.82) is 5.26 Å². The molecule has 0 N–H and O–H groups in total. The van der Waals surface area contributed by atoms with E-state index < -0.39 is 0 Å². The van der Waals surface area contributed by atoms with Crippen LogP contribution in [0.25, 0.3) is 0 Å². The largest absolute Gasteiger partial charge is 0.193 e. The Hall–Kier alpha value is -1.29. The SMILES string of the molecule is CC1=C(C#N)[C@@H](C)C=CC=C1.